The third kappa shape index (κ3) is 3.47. The molecule has 0 aliphatic carbocycles. The Morgan fingerprint density at radius 1 is 0.955 bits per heavy atom. The van der Waals surface area contributed by atoms with Crippen molar-refractivity contribution in [3.63, 3.8) is 0 Å². The Balaban J connectivity index is 0.00000176. The van der Waals surface area contributed by atoms with Crippen molar-refractivity contribution in [1.82, 2.24) is 4.98 Å². The average Bonchev–Trinajstić information content (AvgIpc) is 2.54. The molecule has 0 aliphatic rings. The fraction of sp³-hybridized carbons (Fsp3) is 0. The summed E-state index contributed by atoms with van der Waals surface area (Å²) in [6.45, 7) is 0. The van der Waals surface area contributed by atoms with Crippen molar-refractivity contribution < 1.29 is 29.4 Å². The zero-order chi connectivity index (χ0) is 14.7. The molecule has 0 unspecified atom stereocenters. The van der Waals surface area contributed by atoms with E-state index in [0.29, 0.717) is 11.2 Å². The van der Waals surface area contributed by atoms with Crippen LogP contribution in [0.3, 0.4) is 0 Å². The molecule has 1 aromatic heterocycles. The van der Waals surface area contributed by atoms with Crippen molar-refractivity contribution in [1.29, 1.82) is 0 Å². The van der Waals surface area contributed by atoms with E-state index in [-0.39, 0.29) is 31.0 Å². The number of para-hydroxylation sites is 1. The second-order valence-electron chi connectivity index (χ2n) is 4.65. The first-order chi connectivity index (χ1) is 10.2. The first kappa shape index (κ1) is 16.1. The summed E-state index contributed by atoms with van der Waals surface area (Å²) < 4.78 is 0. The molecule has 3 rings (SSSR count). The number of aromatic hydroxyl groups is 1. The Morgan fingerprint density at radius 3 is 2.50 bits per heavy atom. The molecular weight excluding hydrogens is 328 g/mol. The van der Waals surface area contributed by atoms with Crippen molar-refractivity contribution in [2.45, 2.75) is 0 Å². The summed E-state index contributed by atoms with van der Waals surface area (Å²) in [7, 11) is 0. The van der Waals surface area contributed by atoms with Gasteiger partial charge in [0.05, 0.1) is 0 Å². The van der Waals surface area contributed by atoms with E-state index < -0.39 is 0 Å². The summed E-state index contributed by atoms with van der Waals surface area (Å²) in [6, 6.07) is 18.2. The fourth-order valence-electron chi connectivity index (χ4n) is 2.09. The second-order valence-corrected chi connectivity index (χ2v) is 4.65. The number of allylic oxidation sites excluding steroid dienone is 1. The number of aromatic nitrogens is 1. The standard InChI is InChI=1S/C18H13NO2.Zn/c20-16(12-9-13-5-2-1-3-6-13)15-11-10-14-7-4-8-17(21)18(14)19-15;/h1-12,21H;/b12-9+;. The van der Waals surface area contributed by atoms with Gasteiger partial charge in [-0.05, 0) is 23.8 Å². The SMILES string of the molecule is O=C(/C=C/c1ccccc1)c1ccc2cccc(O)c2n1.[Zn]. The number of rotatable bonds is 3. The number of hydrogen-bond acceptors (Lipinski definition) is 3. The van der Waals surface area contributed by atoms with E-state index in [1.165, 1.54) is 6.08 Å². The van der Waals surface area contributed by atoms with Crippen LogP contribution >= 0.6 is 0 Å². The van der Waals surface area contributed by atoms with Crippen molar-refractivity contribution in [2.75, 3.05) is 0 Å². The van der Waals surface area contributed by atoms with Gasteiger partial charge in [-0.3, -0.25) is 4.79 Å². The van der Waals surface area contributed by atoms with Gasteiger partial charge in [0, 0.05) is 24.9 Å². The summed E-state index contributed by atoms with van der Waals surface area (Å²) in [6.07, 6.45) is 3.24. The number of carbonyl (C=O) groups is 1. The van der Waals surface area contributed by atoms with E-state index in [0.717, 1.165) is 10.9 Å². The number of fused-ring (bicyclic) bond motifs is 1. The van der Waals surface area contributed by atoms with E-state index in [1.54, 1.807) is 30.3 Å². The van der Waals surface area contributed by atoms with Crippen molar-refractivity contribution in [3.8, 4) is 5.75 Å². The molecule has 0 saturated carbocycles. The zero-order valence-electron chi connectivity index (χ0n) is 11.9. The smallest absolute Gasteiger partial charge is 0.204 e. The maximum atomic E-state index is 12.1. The summed E-state index contributed by atoms with van der Waals surface area (Å²) in [4.78, 5) is 16.4. The molecule has 0 saturated heterocycles. The minimum absolute atomic E-state index is 0. The Hall–Kier alpha value is -2.32. The summed E-state index contributed by atoms with van der Waals surface area (Å²) in [5.74, 6) is -0.113. The minimum atomic E-state index is -0.191. The van der Waals surface area contributed by atoms with Crippen LogP contribution in [0.2, 0.25) is 0 Å². The molecule has 22 heavy (non-hydrogen) atoms. The van der Waals surface area contributed by atoms with Gasteiger partial charge in [-0.2, -0.15) is 0 Å². The Bertz CT molecular complexity index is 829. The van der Waals surface area contributed by atoms with E-state index in [4.69, 9.17) is 0 Å². The van der Waals surface area contributed by atoms with Gasteiger partial charge in [0.2, 0.25) is 5.78 Å². The maximum absolute atomic E-state index is 12.1. The predicted octanol–water partition coefficient (Wildman–Crippen LogP) is 3.83. The second kappa shape index (κ2) is 7.10. The van der Waals surface area contributed by atoms with E-state index in [9.17, 15) is 9.90 Å². The fourth-order valence-corrected chi connectivity index (χ4v) is 2.09. The molecule has 104 valence electrons. The van der Waals surface area contributed by atoms with Crippen LogP contribution in [0.4, 0.5) is 0 Å². The number of benzene rings is 2. The Labute approximate surface area is 141 Å². The van der Waals surface area contributed by atoms with Gasteiger partial charge in [0.1, 0.15) is 17.0 Å². The maximum Gasteiger partial charge on any atom is 0.204 e. The number of phenolic OH excluding ortho intramolecular Hbond substituents is 1. The van der Waals surface area contributed by atoms with Crippen LogP contribution in [0.5, 0.6) is 5.75 Å². The molecule has 1 N–H and O–H groups in total. The van der Waals surface area contributed by atoms with E-state index in [2.05, 4.69) is 4.98 Å². The molecule has 0 spiro atoms. The van der Waals surface area contributed by atoms with Crippen LogP contribution < -0.4 is 0 Å². The minimum Gasteiger partial charge on any atom is -0.506 e. The average molecular weight is 341 g/mol. The van der Waals surface area contributed by atoms with Crippen LogP contribution in [-0.4, -0.2) is 15.9 Å². The van der Waals surface area contributed by atoms with Crippen LogP contribution in [0.25, 0.3) is 17.0 Å². The molecule has 0 fully saturated rings. The molecule has 3 aromatic rings. The molecule has 4 heteroatoms. The van der Waals surface area contributed by atoms with Crippen molar-refractivity contribution in [2.24, 2.45) is 0 Å². The van der Waals surface area contributed by atoms with Gasteiger partial charge in [-0.25, -0.2) is 4.98 Å². The van der Waals surface area contributed by atoms with Gasteiger partial charge < -0.3 is 5.11 Å². The Morgan fingerprint density at radius 2 is 1.73 bits per heavy atom. The number of phenols is 1. The molecule has 3 nitrogen and oxygen atoms in total. The van der Waals surface area contributed by atoms with E-state index in [1.807, 2.05) is 36.4 Å². The largest absolute Gasteiger partial charge is 0.506 e. The molecule has 0 atom stereocenters. The molecular formula is C18H13NO2Zn. The summed E-state index contributed by atoms with van der Waals surface area (Å²) >= 11 is 0. The zero-order valence-corrected chi connectivity index (χ0v) is 14.9. The third-order valence-electron chi connectivity index (χ3n) is 3.18. The van der Waals surface area contributed by atoms with Gasteiger partial charge in [-0.15, -0.1) is 0 Å². The number of pyridine rings is 1. The summed E-state index contributed by atoms with van der Waals surface area (Å²) in [5.41, 5.74) is 1.71. The normalized spacial score (nSPS) is 10.5. The van der Waals surface area contributed by atoms with Gasteiger partial charge in [-0.1, -0.05) is 54.6 Å². The topological polar surface area (TPSA) is 50.2 Å². The quantitative estimate of drug-likeness (QED) is 0.448. The molecule has 1 heterocycles. The monoisotopic (exact) mass is 339 g/mol. The van der Waals surface area contributed by atoms with Gasteiger partial charge in [0.25, 0.3) is 0 Å². The van der Waals surface area contributed by atoms with Crippen LogP contribution in [0, 0.1) is 0 Å². The number of hydrogen-bond donors (Lipinski definition) is 1. The summed E-state index contributed by atoms with van der Waals surface area (Å²) in [5, 5.41) is 10.6. The van der Waals surface area contributed by atoms with Gasteiger partial charge >= 0.3 is 0 Å². The van der Waals surface area contributed by atoms with Crippen molar-refractivity contribution >= 4 is 22.8 Å². The number of nitrogens with zero attached hydrogens (tertiary/aromatic N) is 1. The van der Waals surface area contributed by atoms with Gasteiger partial charge in [0.15, 0.2) is 0 Å². The first-order valence-corrected chi connectivity index (χ1v) is 6.60. The predicted molar refractivity (Wildman–Crippen MR) is 83.2 cm³/mol. The molecule has 0 amide bonds. The third-order valence-corrected chi connectivity index (χ3v) is 3.18. The van der Waals surface area contributed by atoms with E-state index >= 15 is 0 Å². The van der Waals surface area contributed by atoms with Crippen LogP contribution in [0.1, 0.15) is 16.1 Å². The number of carbonyl (C=O) groups excluding carboxylic acids is 1. The van der Waals surface area contributed by atoms with Crippen LogP contribution in [0.15, 0.2) is 66.7 Å². The van der Waals surface area contributed by atoms with Crippen LogP contribution in [-0.2, 0) is 19.5 Å². The molecule has 2 aromatic carbocycles. The van der Waals surface area contributed by atoms with Crippen molar-refractivity contribution in [3.05, 3.63) is 78.0 Å². The molecule has 0 radical (unpaired) electrons. The molecule has 0 bridgehead atoms. The number of ketones is 1. The Kier molecular flexibility index (Phi) is 5.18. The first-order valence-electron chi connectivity index (χ1n) is 6.60. The molecule has 0 aliphatic heterocycles.